The van der Waals surface area contributed by atoms with Crippen molar-refractivity contribution in [3.63, 3.8) is 0 Å². The van der Waals surface area contributed by atoms with Crippen LogP contribution in [0, 0.1) is 0 Å². The van der Waals surface area contributed by atoms with Gasteiger partial charge in [0.1, 0.15) is 0 Å². The first kappa shape index (κ1) is 22.2. The first-order chi connectivity index (χ1) is 14.9. The van der Waals surface area contributed by atoms with Crippen LogP contribution in [0.4, 0.5) is 0 Å². The zero-order valence-electron chi connectivity index (χ0n) is 17.9. The minimum Gasteiger partial charge on any atom is -0.381 e. The second-order valence-electron chi connectivity index (χ2n) is 8.39. The molecule has 0 spiro atoms. The van der Waals surface area contributed by atoms with E-state index < -0.39 is 10.0 Å². The molecule has 2 N–H and O–H groups in total. The highest BCUT2D eigenvalue weighted by atomic mass is 32.2. The molecule has 1 amide bonds. The van der Waals surface area contributed by atoms with Crippen molar-refractivity contribution in [1.29, 1.82) is 0 Å². The second kappa shape index (κ2) is 9.64. The first-order valence-corrected chi connectivity index (χ1v) is 12.8. The van der Waals surface area contributed by atoms with Gasteiger partial charge in [0, 0.05) is 57.0 Å². The van der Waals surface area contributed by atoms with Crippen molar-refractivity contribution in [1.82, 2.24) is 24.5 Å². The summed E-state index contributed by atoms with van der Waals surface area (Å²) in [7, 11) is -3.20. The Hall–Kier alpha value is -2.01. The topological polar surface area (TPSA) is 108 Å². The molecule has 2 aromatic rings. The molecule has 0 aliphatic carbocycles. The van der Waals surface area contributed by atoms with Crippen molar-refractivity contribution >= 4 is 27.0 Å². The molecular formula is C21H31N5O4S. The maximum absolute atomic E-state index is 12.7. The van der Waals surface area contributed by atoms with Gasteiger partial charge in [-0.15, -0.1) is 0 Å². The van der Waals surface area contributed by atoms with Crippen LogP contribution < -0.4 is 5.32 Å². The minimum absolute atomic E-state index is 0.121. The fraction of sp³-hybridized carbons (Fsp3) is 0.619. The molecule has 0 bridgehead atoms. The fourth-order valence-corrected chi connectivity index (χ4v) is 5.55. The monoisotopic (exact) mass is 449 g/mol. The number of aromatic amines is 1. The van der Waals surface area contributed by atoms with E-state index in [2.05, 4.69) is 20.2 Å². The predicted molar refractivity (Wildman–Crippen MR) is 118 cm³/mol. The van der Waals surface area contributed by atoms with Gasteiger partial charge in [0.2, 0.25) is 10.0 Å². The quantitative estimate of drug-likeness (QED) is 0.658. The average Bonchev–Trinajstić information content (AvgIpc) is 3.24. The number of aromatic nitrogens is 2. The smallest absolute Gasteiger partial charge is 0.251 e. The van der Waals surface area contributed by atoms with Gasteiger partial charge in [-0.1, -0.05) is 0 Å². The molecular weight excluding hydrogens is 418 g/mol. The van der Waals surface area contributed by atoms with Crippen molar-refractivity contribution in [3.05, 3.63) is 30.1 Å². The molecule has 1 unspecified atom stereocenters. The normalized spacial score (nSPS) is 21.5. The number of nitrogens with one attached hydrogen (secondary N) is 2. The molecule has 4 rings (SSSR count). The Morgan fingerprint density at radius 3 is 2.87 bits per heavy atom. The number of hydrogen-bond donors (Lipinski definition) is 2. The molecule has 2 aliphatic heterocycles. The van der Waals surface area contributed by atoms with E-state index in [4.69, 9.17) is 4.74 Å². The number of nitrogens with zero attached hydrogens (tertiary/aromatic N) is 3. The molecule has 9 nitrogen and oxygen atoms in total. The van der Waals surface area contributed by atoms with Crippen molar-refractivity contribution in [2.45, 2.75) is 37.8 Å². The summed E-state index contributed by atoms with van der Waals surface area (Å²) in [5, 5.41) is 3.03. The third-order valence-electron chi connectivity index (χ3n) is 6.30. The van der Waals surface area contributed by atoms with E-state index in [0.29, 0.717) is 37.8 Å². The third-order valence-corrected chi connectivity index (χ3v) is 7.56. The minimum atomic E-state index is -3.20. The van der Waals surface area contributed by atoms with Crippen molar-refractivity contribution in [2.24, 2.45) is 0 Å². The highest BCUT2D eigenvalue weighted by molar-refractivity contribution is 7.88. The summed E-state index contributed by atoms with van der Waals surface area (Å²) in [5.74, 6) is -0.121. The molecule has 2 saturated heterocycles. The fourth-order valence-electron chi connectivity index (χ4n) is 4.65. The van der Waals surface area contributed by atoms with Gasteiger partial charge in [-0.05, 0) is 43.9 Å². The molecule has 31 heavy (non-hydrogen) atoms. The van der Waals surface area contributed by atoms with Crippen molar-refractivity contribution in [3.8, 4) is 0 Å². The van der Waals surface area contributed by atoms with E-state index in [1.165, 1.54) is 6.26 Å². The Bertz CT molecular complexity index is 1000. The zero-order valence-corrected chi connectivity index (χ0v) is 18.7. The predicted octanol–water partition coefficient (Wildman–Crippen LogP) is 1.20. The standard InChI is InChI=1S/C21H31N5O4S/c1-31(28,29)25-9-2-3-18(14-25)26(17-6-11-30-12-7-17)10-8-22-21(27)16-4-5-19-20(13-16)24-15-23-19/h4-5,13,15,17-18H,2-3,6-12,14H2,1H3,(H,22,27)(H,23,24). The molecule has 170 valence electrons. The zero-order chi connectivity index (χ0) is 21.8. The van der Waals surface area contributed by atoms with Gasteiger partial charge in [0.25, 0.3) is 5.91 Å². The lowest BCUT2D eigenvalue weighted by Crippen LogP contribution is -2.55. The number of piperidine rings is 1. The molecule has 3 heterocycles. The van der Waals surface area contributed by atoms with Gasteiger partial charge >= 0.3 is 0 Å². The Morgan fingerprint density at radius 1 is 1.29 bits per heavy atom. The summed E-state index contributed by atoms with van der Waals surface area (Å²) in [6.45, 7) is 3.74. The molecule has 1 aromatic carbocycles. The van der Waals surface area contributed by atoms with E-state index in [9.17, 15) is 13.2 Å². The number of benzene rings is 1. The van der Waals surface area contributed by atoms with E-state index in [0.717, 1.165) is 49.9 Å². The number of carbonyl (C=O) groups is 1. The van der Waals surface area contributed by atoms with Crippen molar-refractivity contribution in [2.75, 3.05) is 45.6 Å². The largest absolute Gasteiger partial charge is 0.381 e. The maximum Gasteiger partial charge on any atom is 0.251 e. The Balaban J connectivity index is 1.40. The van der Waals surface area contributed by atoms with Gasteiger partial charge in [-0.3, -0.25) is 9.69 Å². The number of hydrogen-bond acceptors (Lipinski definition) is 6. The van der Waals surface area contributed by atoms with Crippen LogP contribution in [0.3, 0.4) is 0 Å². The number of carbonyl (C=O) groups excluding carboxylic acids is 1. The van der Waals surface area contributed by atoms with Crippen molar-refractivity contribution < 1.29 is 17.9 Å². The van der Waals surface area contributed by atoms with Crippen LogP contribution in [0.25, 0.3) is 11.0 Å². The number of rotatable bonds is 7. The second-order valence-corrected chi connectivity index (χ2v) is 10.4. The Labute approximate surface area is 183 Å². The highest BCUT2D eigenvalue weighted by Gasteiger charge is 2.33. The number of ether oxygens (including phenoxy) is 1. The van der Waals surface area contributed by atoms with Crippen LogP contribution >= 0.6 is 0 Å². The first-order valence-electron chi connectivity index (χ1n) is 10.9. The number of fused-ring (bicyclic) bond motifs is 1. The summed E-state index contributed by atoms with van der Waals surface area (Å²) in [6, 6.07) is 5.91. The molecule has 1 atom stereocenters. The average molecular weight is 450 g/mol. The van der Waals surface area contributed by atoms with Crippen LogP contribution in [-0.2, 0) is 14.8 Å². The van der Waals surface area contributed by atoms with Crippen LogP contribution in [0.1, 0.15) is 36.0 Å². The summed E-state index contributed by atoms with van der Waals surface area (Å²) in [5.41, 5.74) is 2.25. The summed E-state index contributed by atoms with van der Waals surface area (Å²) < 4.78 is 31.3. The summed E-state index contributed by atoms with van der Waals surface area (Å²) in [6.07, 6.45) is 6.58. The molecule has 1 aromatic heterocycles. The van der Waals surface area contributed by atoms with Gasteiger partial charge in [-0.2, -0.15) is 0 Å². The lowest BCUT2D eigenvalue weighted by molar-refractivity contribution is 0.00673. The van der Waals surface area contributed by atoms with E-state index in [1.54, 1.807) is 22.8 Å². The maximum atomic E-state index is 12.7. The molecule has 0 saturated carbocycles. The molecule has 0 radical (unpaired) electrons. The van der Waals surface area contributed by atoms with Crippen LogP contribution in [0.5, 0.6) is 0 Å². The molecule has 2 fully saturated rings. The summed E-state index contributed by atoms with van der Waals surface area (Å²) in [4.78, 5) is 22.3. The van der Waals surface area contributed by atoms with E-state index in [-0.39, 0.29) is 11.9 Å². The van der Waals surface area contributed by atoms with Gasteiger partial charge in [0.05, 0.1) is 23.6 Å². The third kappa shape index (κ3) is 5.43. The van der Waals surface area contributed by atoms with Gasteiger partial charge in [-0.25, -0.2) is 17.7 Å². The van der Waals surface area contributed by atoms with Gasteiger partial charge in [0.15, 0.2) is 0 Å². The highest BCUT2D eigenvalue weighted by Crippen LogP contribution is 2.24. The van der Waals surface area contributed by atoms with E-state index >= 15 is 0 Å². The number of amides is 1. The Kier molecular flexibility index (Phi) is 6.90. The molecule has 10 heteroatoms. The number of H-pyrrole nitrogens is 1. The lowest BCUT2D eigenvalue weighted by atomic mass is 9.99. The van der Waals surface area contributed by atoms with Gasteiger partial charge < -0.3 is 15.0 Å². The summed E-state index contributed by atoms with van der Waals surface area (Å²) >= 11 is 0. The number of imidazole rings is 1. The van der Waals surface area contributed by atoms with E-state index in [1.807, 2.05) is 6.07 Å². The number of sulfonamides is 1. The SMILES string of the molecule is CS(=O)(=O)N1CCCC(N(CCNC(=O)c2ccc3nc[nH]c3c2)C2CCOCC2)C1. The molecule has 2 aliphatic rings. The van der Waals surface area contributed by atoms with Crippen LogP contribution in [-0.4, -0.2) is 91.2 Å². The Morgan fingerprint density at radius 2 is 2.10 bits per heavy atom. The van der Waals surface area contributed by atoms with Crippen LogP contribution in [0.15, 0.2) is 24.5 Å². The van der Waals surface area contributed by atoms with Crippen LogP contribution in [0.2, 0.25) is 0 Å². The lowest BCUT2D eigenvalue weighted by Gasteiger charge is -2.43.